The number of amides is 2. The van der Waals surface area contributed by atoms with Crippen molar-refractivity contribution in [3.05, 3.63) is 76.9 Å². The number of alkyl halides is 5. The molecule has 1 aliphatic heterocycles. The first kappa shape index (κ1) is 32.4. The SMILES string of the molecule is CNC(=O)[C@@]1(C)COc2c1cc([C@@](O)(CNC(=O)c1cc(OC)c3nnc(C(F)F)cc3c1)C(F)(F)F)nc2-c1ccc(F)cc1. The number of aliphatic hydroxyl groups is 1. The Morgan fingerprint density at radius 1 is 1.11 bits per heavy atom. The lowest BCUT2D eigenvalue weighted by atomic mass is 9.81. The standard InChI is InChI=1S/C30H25F6N5O5/c1-28(27(43)37-2)13-46-24-18(28)11-21(39-23(24)14-4-6-17(31)7-5-14)29(44,30(34,35)36)12-38-26(42)16-8-15-9-19(25(32)33)40-41-22(15)20(10-16)45-3/h4-11,25,44H,12-13H2,1-3H3,(H,37,43)(H,38,42)/t28-,29-/m0/s1. The summed E-state index contributed by atoms with van der Waals surface area (Å²) < 4.78 is 95.2. The van der Waals surface area contributed by atoms with Gasteiger partial charge in [-0.05, 0) is 55.5 Å². The quantitative estimate of drug-likeness (QED) is 0.240. The van der Waals surface area contributed by atoms with Crippen LogP contribution in [0.1, 0.15) is 40.7 Å². The van der Waals surface area contributed by atoms with E-state index in [1.165, 1.54) is 33.2 Å². The number of hydrogen-bond donors (Lipinski definition) is 3. The smallest absolute Gasteiger partial charge is 0.424 e. The number of nitrogens with one attached hydrogen (secondary N) is 2. The van der Waals surface area contributed by atoms with Gasteiger partial charge >= 0.3 is 6.18 Å². The molecule has 3 N–H and O–H groups in total. The molecule has 0 unspecified atom stereocenters. The summed E-state index contributed by atoms with van der Waals surface area (Å²) >= 11 is 0. The number of aromatic nitrogens is 3. The highest BCUT2D eigenvalue weighted by atomic mass is 19.4. The Morgan fingerprint density at radius 3 is 2.41 bits per heavy atom. The van der Waals surface area contributed by atoms with Gasteiger partial charge in [0.05, 0.1) is 19.3 Å². The molecular weight excluding hydrogens is 624 g/mol. The predicted molar refractivity (Wildman–Crippen MR) is 150 cm³/mol. The van der Waals surface area contributed by atoms with Gasteiger partial charge in [-0.15, -0.1) is 10.2 Å². The van der Waals surface area contributed by atoms with Crippen molar-refractivity contribution in [1.82, 2.24) is 25.8 Å². The number of carbonyl (C=O) groups is 2. The molecule has 0 radical (unpaired) electrons. The van der Waals surface area contributed by atoms with Crippen LogP contribution in [0, 0.1) is 5.82 Å². The van der Waals surface area contributed by atoms with Crippen molar-refractivity contribution >= 4 is 22.7 Å². The van der Waals surface area contributed by atoms with Gasteiger partial charge in [-0.2, -0.15) is 13.2 Å². The van der Waals surface area contributed by atoms with Crippen LogP contribution in [0.15, 0.2) is 48.5 Å². The van der Waals surface area contributed by atoms with Crippen LogP contribution in [0.25, 0.3) is 22.2 Å². The minimum Gasteiger partial charge on any atom is -0.494 e. The second-order valence-electron chi connectivity index (χ2n) is 10.7. The van der Waals surface area contributed by atoms with Gasteiger partial charge in [0.2, 0.25) is 11.5 Å². The first-order chi connectivity index (χ1) is 21.6. The summed E-state index contributed by atoms with van der Waals surface area (Å²) in [5.41, 5.74) is -7.39. The van der Waals surface area contributed by atoms with E-state index in [1.807, 2.05) is 5.32 Å². The Kier molecular flexibility index (Phi) is 8.27. The second kappa shape index (κ2) is 11.7. The van der Waals surface area contributed by atoms with Crippen LogP contribution in [-0.2, 0) is 15.8 Å². The van der Waals surface area contributed by atoms with Crippen LogP contribution in [0.5, 0.6) is 11.5 Å². The molecule has 16 heteroatoms. The lowest BCUT2D eigenvalue weighted by molar-refractivity contribution is -0.265. The van der Waals surface area contributed by atoms with Crippen molar-refractivity contribution in [1.29, 1.82) is 0 Å². The molecule has 0 saturated heterocycles. The number of benzene rings is 2. The molecule has 2 atom stereocenters. The van der Waals surface area contributed by atoms with Gasteiger partial charge in [0.15, 0.2) is 0 Å². The molecule has 2 aromatic heterocycles. The third-order valence-corrected chi connectivity index (χ3v) is 7.69. The van der Waals surface area contributed by atoms with Crippen molar-refractivity contribution in [3.8, 4) is 22.8 Å². The van der Waals surface area contributed by atoms with Crippen LogP contribution < -0.4 is 20.1 Å². The minimum atomic E-state index is -5.44. The number of fused-ring (bicyclic) bond motifs is 2. The van der Waals surface area contributed by atoms with Crippen molar-refractivity contribution in [2.75, 3.05) is 27.3 Å². The molecule has 0 spiro atoms. The van der Waals surface area contributed by atoms with Crippen molar-refractivity contribution in [2.45, 2.75) is 30.5 Å². The van der Waals surface area contributed by atoms with E-state index >= 15 is 0 Å². The molecule has 0 saturated carbocycles. The Hall–Kier alpha value is -4.99. The highest BCUT2D eigenvalue weighted by Crippen LogP contribution is 2.48. The van der Waals surface area contributed by atoms with Crippen LogP contribution in [0.3, 0.4) is 0 Å². The van der Waals surface area contributed by atoms with Gasteiger partial charge in [0.25, 0.3) is 12.3 Å². The zero-order valence-corrected chi connectivity index (χ0v) is 24.3. The topological polar surface area (TPSA) is 136 Å². The average Bonchev–Trinajstić information content (AvgIpc) is 3.38. The van der Waals surface area contributed by atoms with Gasteiger partial charge in [-0.25, -0.2) is 18.2 Å². The predicted octanol–water partition coefficient (Wildman–Crippen LogP) is 4.35. The lowest BCUT2D eigenvalue weighted by Crippen LogP contribution is -2.52. The van der Waals surface area contributed by atoms with E-state index in [0.29, 0.717) is 0 Å². The van der Waals surface area contributed by atoms with Gasteiger partial charge in [0, 0.05) is 29.1 Å². The molecule has 3 heterocycles. The van der Waals surface area contributed by atoms with Gasteiger partial charge in [-0.3, -0.25) is 9.59 Å². The first-order valence-corrected chi connectivity index (χ1v) is 13.5. The van der Waals surface area contributed by atoms with Crippen molar-refractivity contribution in [3.63, 3.8) is 0 Å². The second-order valence-corrected chi connectivity index (χ2v) is 10.7. The number of nitrogens with zero attached hydrogens (tertiary/aromatic N) is 3. The summed E-state index contributed by atoms with van der Waals surface area (Å²) in [5.74, 6) is -2.46. The zero-order chi connectivity index (χ0) is 33.6. The Balaban J connectivity index is 1.59. The van der Waals surface area contributed by atoms with Crippen molar-refractivity contribution < 1.29 is 50.5 Å². The molecule has 2 amide bonds. The molecule has 2 aromatic carbocycles. The number of carbonyl (C=O) groups excluding carboxylic acids is 2. The number of likely N-dealkylation sites (N-methyl/N-ethyl adjacent to an activating group) is 1. The minimum absolute atomic E-state index is 0.00130. The van der Waals surface area contributed by atoms with E-state index in [4.69, 9.17) is 9.47 Å². The van der Waals surface area contributed by atoms with E-state index in [1.54, 1.807) is 0 Å². The monoisotopic (exact) mass is 649 g/mol. The normalized spacial score (nSPS) is 17.3. The molecule has 5 rings (SSSR count). The Bertz CT molecular complexity index is 1840. The van der Waals surface area contributed by atoms with E-state index < -0.39 is 59.2 Å². The molecule has 1 aliphatic rings. The molecular formula is C30H25F6N5O5. The summed E-state index contributed by atoms with van der Waals surface area (Å²) in [7, 11) is 2.54. The summed E-state index contributed by atoms with van der Waals surface area (Å²) in [4.78, 5) is 30.1. The van der Waals surface area contributed by atoms with Gasteiger partial charge < -0.3 is 25.2 Å². The number of methoxy groups -OCH3 is 1. The number of hydrogen-bond acceptors (Lipinski definition) is 8. The van der Waals surface area contributed by atoms with Gasteiger partial charge in [-0.1, -0.05) is 0 Å². The average molecular weight is 650 g/mol. The largest absolute Gasteiger partial charge is 0.494 e. The molecule has 0 bridgehead atoms. The number of ether oxygens (including phenoxy) is 2. The van der Waals surface area contributed by atoms with Crippen LogP contribution >= 0.6 is 0 Å². The Labute approximate surface area is 256 Å². The van der Waals surface area contributed by atoms with E-state index in [2.05, 4.69) is 20.5 Å². The summed E-state index contributed by atoms with van der Waals surface area (Å²) in [5, 5.41) is 22.8. The van der Waals surface area contributed by atoms with E-state index in [-0.39, 0.29) is 51.4 Å². The molecule has 242 valence electrons. The summed E-state index contributed by atoms with van der Waals surface area (Å²) in [6, 6.07) is 8.64. The van der Waals surface area contributed by atoms with Crippen LogP contribution in [-0.4, -0.2) is 65.6 Å². The van der Waals surface area contributed by atoms with Gasteiger partial charge in [0.1, 0.15) is 46.2 Å². The summed E-state index contributed by atoms with van der Waals surface area (Å²) in [6.07, 6.45) is -8.43. The molecule has 10 nitrogen and oxygen atoms in total. The highest BCUT2D eigenvalue weighted by molar-refractivity contribution is 6.00. The maximum atomic E-state index is 14.7. The fourth-order valence-electron chi connectivity index (χ4n) is 5.04. The summed E-state index contributed by atoms with van der Waals surface area (Å²) in [6.45, 7) is -0.302. The van der Waals surface area contributed by atoms with E-state index in [0.717, 1.165) is 36.4 Å². The maximum Gasteiger partial charge on any atom is 0.424 e. The molecule has 0 fully saturated rings. The molecule has 0 aliphatic carbocycles. The van der Waals surface area contributed by atoms with Crippen LogP contribution in [0.4, 0.5) is 26.3 Å². The fourth-order valence-corrected chi connectivity index (χ4v) is 5.04. The number of halogens is 6. The third kappa shape index (κ3) is 5.52. The molecule has 46 heavy (non-hydrogen) atoms. The molecule has 4 aromatic rings. The first-order valence-electron chi connectivity index (χ1n) is 13.5. The zero-order valence-electron chi connectivity index (χ0n) is 24.3. The van der Waals surface area contributed by atoms with Crippen molar-refractivity contribution in [2.24, 2.45) is 0 Å². The highest BCUT2D eigenvalue weighted by Gasteiger charge is 2.58. The van der Waals surface area contributed by atoms with Crippen LogP contribution in [0.2, 0.25) is 0 Å². The fraction of sp³-hybridized carbons (Fsp3) is 0.300. The van der Waals surface area contributed by atoms with E-state index in [9.17, 15) is 41.0 Å². The number of rotatable bonds is 8. The number of pyridine rings is 1. The third-order valence-electron chi connectivity index (χ3n) is 7.69. The maximum absolute atomic E-state index is 14.7. The Morgan fingerprint density at radius 2 is 1.80 bits per heavy atom. The lowest BCUT2D eigenvalue weighted by Gasteiger charge is -2.31.